The molecule has 1 saturated heterocycles. The number of nitrogen functional groups attached to an aromatic ring is 1. The molecule has 5 N–H and O–H groups in total. The summed E-state index contributed by atoms with van der Waals surface area (Å²) in [7, 11) is 0. The second kappa shape index (κ2) is 4.56. The summed E-state index contributed by atoms with van der Waals surface area (Å²) in [6, 6.07) is 0. The van der Waals surface area contributed by atoms with Crippen LogP contribution in [-0.4, -0.2) is 59.4 Å². The van der Waals surface area contributed by atoms with E-state index < -0.39 is 30.3 Å². The van der Waals surface area contributed by atoms with Crippen molar-refractivity contribution in [1.29, 1.82) is 0 Å². The zero-order valence-corrected chi connectivity index (χ0v) is 11.9. The largest absolute Gasteiger partial charge is 0.394 e. The van der Waals surface area contributed by atoms with Crippen LogP contribution in [0.3, 0.4) is 0 Å². The quantitative estimate of drug-likeness (QED) is 0.533. The topological polar surface area (TPSA) is 139 Å². The Morgan fingerprint density at radius 3 is 2.82 bits per heavy atom. The number of aliphatic hydroxyl groups is 3. The molecule has 0 bridgehead atoms. The van der Waals surface area contributed by atoms with Crippen LogP contribution in [0.4, 0.5) is 10.2 Å². The zero-order valence-electron chi connectivity index (χ0n) is 11.9. The Morgan fingerprint density at radius 1 is 1.55 bits per heavy atom. The first kappa shape index (κ1) is 15.0. The molecule has 2 aromatic heterocycles. The van der Waals surface area contributed by atoms with E-state index in [4.69, 9.17) is 15.6 Å². The Labute approximate surface area is 124 Å². The first-order valence-electron chi connectivity index (χ1n) is 6.58. The first-order valence-corrected chi connectivity index (χ1v) is 6.58. The Kier molecular flexibility index (Phi) is 3.11. The number of hydrogen-bond donors (Lipinski definition) is 4. The number of fused-ring (bicyclic) bond motifs is 1. The minimum absolute atomic E-state index is 0.0557. The van der Waals surface area contributed by atoms with Gasteiger partial charge in [0, 0.05) is 0 Å². The molecule has 0 unspecified atom stereocenters. The SMILES string of the molecule is Cc1nc(N)c2ncc([C@]3(O)O[C@H](CO)[C@@H](O)[C@@]3(C)F)n2n1. The number of imidazole rings is 1. The number of nitrogens with zero attached hydrogens (tertiary/aromatic N) is 4. The van der Waals surface area contributed by atoms with Crippen molar-refractivity contribution in [2.75, 3.05) is 12.3 Å². The zero-order chi connectivity index (χ0) is 16.3. The lowest BCUT2D eigenvalue weighted by atomic mass is 9.90. The van der Waals surface area contributed by atoms with Crippen molar-refractivity contribution in [2.45, 2.75) is 37.5 Å². The molecule has 10 heteroatoms. The van der Waals surface area contributed by atoms with Crippen LogP contribution in [0.5, 0.6) is 0 Å². The number of nitrogens with two attached hydrogens (primary N) is 1. The van der Waals surface area contributed by atoms with Crippen molar-refractivity contribution in [2.24, 2.45) is 0 Å². The molecule has 0 saturated carbocycles. The fourth-order valence-corrected chi connectivity index (χ4v) is 2.64. The molecule has 1 aliphatic heterocycles. The molecular formula is C12H16FN5O4. The van der Waals surface area contributed by atoms with Gasteiger partial charge in [0.2, 0.25) is 5.79 Å². The number of rotatable bonds is 2. The van der Waals surface area contributed by atoms with Gasteiger partial charge in [0.1, 0.15) is 23.7 Å². The Morgan fingerprint density at radius 2 is 2.23 bits per heavy atom. The van der Waals surface area contributed by atoms with Gasteiger partial charge in [0.15, 0.2) is 17.1 Å². The van der Waals surface area contributed by atoms with Gasteiger partial charge in [0.25, 0.3) is 0 Å². The van der Waals surface area contributed by atoms with Crippen LogP contribution in [0.2, 0.25) is 0 Å². The molecule has 0 aromatic carbocycles. The Hall–Kier alpha value is -1.88. The van der Waals surface area contributed by atoms with E-state index in [0.717, 1.165) is 17.6 Å². The van der Waals surface area contributed by atoms with E-state index >= 15 is 0 Å². The fourth-order valence-electron chi connectivity index (χ4n) is 2.64. The summed E-state index contributed by atoms with van der Waals surface area (Å²) in [6.45, 7) is 1.89. The Balaban J connectivity index is 2.22. The second-order valence-corrected chi connectivity index (χ2v) is 5.43. The van der Waals surface area contributed by atoms with E-state index in [9.17, 15) is 14.6 Å². The summed E-state index contributed by atoms with van der Waals surface area (Å²) in [4.78, 5) is 7.88. The minimum atomic E-state index is -2.59. The third-order valence-corrected chi connectivity index (χ3v) is 3.91. The number of aliphatic hydroxyl groups excluding tert-OH is 2. The first-order chi connectivity index (χ1) is 10.2. The molecule has 22 heavy (non-hydrogen) atoms. The molecule has 3 heterocycles. The molecule has 2 aromatic rings. The predicted molar refractivity (Wildman–Crippen MR) is 71.3 cm³/mol. The number of anilines is 1. The Bertz CT molecular complexity index is 736. The van der Waals surface area contributed by atoms with Gasteiger partial charge in [-0.25, -0.2) is 18.9 Å². The number of ether oxygens (including phenoxy) is 1. The number of aryl methyl sites for hydroxylation is 1. The van der Waals surface area contributed by atoms with Gasteiger partial charge in [-0.2, -0.15) is 5.10 Å². The maximum Gasteiger partial charge on any atom is 0.249 e. The summed E-state index contributed by atoms with van der Waals surface area (Å²) in [5, 5.41) is 33.8. The van der Waals surface area contributed by atoms with Crippen molar-refractivity contribution in [3.63, 3.8) is 0 Å². The maximum atomic E-state index is 14.9. The van der Waals surface area contributed by atoms with Crippen molar-refractivity contribution in [3.8, 4) is 0 Å². The van der Waals surface area contributed by atoms with Crippen LogP contribution >= 0.6 is 0 Å². The summed E-state index contributed by atoms with van der Waals surface area (Å²) >= 11 is 0. The molecule has 0 amide bonds. The van der Waals surface area contributed by atoms with Gasteiger partial charge >= 0.3 is 0 Å². The monoisotopic (exact) mass is 313 g/mol. The van der Waals surface area contributed by atoms with E-state index in [0.29, 0.717) is 0 Å². The van der Waals surface area contributed by atoms with E-state index in [1.54, 1.807) is 6.92 Å². The molecule has 120 valence electrons. The van der Waals surface area contributed by atoms with Gasteiger partial charge in [0.05, 0.1) is 12.8 Å². The number of aromatic nitrogens is 4. The molecule has 1 fully saturated rings. The summed E-state index contributed by atoms with van der Waals surface area (Å²) in [6.07, 6.45) is -1.87. The highest BCUT2D eigenvalue weighted by atomic mass is 19.1. The lowest BCUT2D eigenvalue weighted by molar-refractivity contribution is -0.256. The average Bonchev–Trinajstić information content (AvgIpc) is 2.93. The van der Waals surface area contributed by atoms with Crippen LogP contribution in [0.25, 0.3) is 5.65 Å². The second-order valence-electron chi connectivity index (χ2n) is 5.43. The van der Waals surface area contributed by atoms with Gasteiger partial charge in [-0.15, -0.1) is 0 Å². The third kappa shape index (κ3) is 1.75. The normalized spacial score (nSPS) is 35.4. The lowest BCUT2D eigenvalue weighted by Gasteiger charge is -2.31. The van der Waals surface area contributed by atoms with Crippen LogP contribution in [0.1, 0.15) is 18.4 Å². The average molecular weight is 313 g/mol. The molecular weight excluding hydrogens is 297 g/mol. The molecule has 1 aliphatic rings. The molecule has 3 rings (SSSR count). The molecule has 0 radical (unpaired) electrons. The highest BCUT2D eigenvalue weighted by Gasteiger charge is 2.66. The third-order valence-electron chi connectivity index (χ3n) is 3.91. The summed E-state index contributed by atoms with van der Waals surface area (Å²) < 4.78 is 21.2. The van der Waals surface area contributed by atoms with Gasteiger partial charge in [-0.3, -0.25) is 0 Å². The minimum Gasteiger partial charge on any atom is -0.394 e. The van der Waals surface area contributed by atoms with Crippen LogP contribution in [0, 0.1) is 6.92 Å². The van der Waals surface area contributed by atoms with Crippen LogP contribution in [-0.2, 0) is 10.5 Å². The van der Waals surface area contributed by atoms with E-state index in [2.05, 4.69) is 15.1 Å². The highest BCUT2D eigenvalue weighted by molar-refractivity contribution is 5.59. The summed E-state index contributed by atoms with van der Waals surface area (Å²) in [5.41, 5.74) is 3.09. The molecule has 0 spiro atoms. The van der Waals surface area contributed by atoms with Gasteiger partial charge in [-0.1, -0.05) is 0 Å². The number of hydrogen-bond acceptors (Lipinski definition) is 8. The molecule has 9 nitrogen and oxygen atoms in total. The van der Waals surface area contributed by atoms with E-state index in [1.165, 1.54) is 0 Å². The van der Waals surface area contributed by atoms with E-state index in [-0.39, 0.29) is 23.0 Å². The predicted octanol–water partition coefficient (Wildman–Crippen LogP) is -1.36. The van der Waals surface area contributed by atoms with Crippen molar-refractivity contribution < 1.29 is 24.4 Å². The van der Waals surface area contributed by atoms with Crippen molar-refractivity contribution in [3.05, 3.63) is 17.7 Å². The fraction of sp³-hybridized carbons (Fsp3) is 0.583. The van der Waals surface area contributed by atoms with Crippen LogP contribution in [0.15, 0.2) is 6.20 Å². The van der Waals surface area contributed by atoms with Gasteiger partial charge < -0.3 is 25.8 Å². The maximum absolute atomic E-state index is 14.9. The van der Waals surface area contributed by atoms with Gasteiger partial charge in [-0.05, 0) is 13.8 Å². The summed E-state index contributed by atoms with van der Waals surface area (Å²) in [5.74, 6) is -2.21. The lowest BCUT2D eigenvalue weighted by Crippen LogP contribution is -2.49. The van der Waals surface area contributed by atoms with E-state index in [1.807, 2.05) is 0 Å². The smallest absolute Gasteiger partial charge is 0.249 e. The number of halogens is 1. The molecule has 0 aliphatic carbocycles. The van der Waals surface area contributed by atoms with Crippen LogP contribution < -0.4 is 5.73 Å². The standard InChI is InChI=1S/C12H16FN5O4/c1-5-16-9(14)10-15-3-7(18(10)17-5)12(21)11(2,13)8(20)6(4-19)22-12/h3,6,8,19-21H,4H2,1-2H3,(H2,14,16,17)/t6-,8-,11-,12+/m1/s1. The molecule has 4 atom stereocenters. The van der Waals surface area contributed by atoms with Crippen molar-refractivity contribution >= 4 is 11.5 Å². The van der Waals surface area contributed by atoms with Crippen molar-refractivity contribution in [1.82, 2.24) is 19.6 Å². The highest BCUT2D eigenvalue weighted by Crippen LogP contribution is 2.47. The number of alkyl halides is 1.